The van der Waals surface area contributed by atoms with Gasteiger partial charge in [0.05, 0.1) is 7.11 Å². The molecule has 0 saturated heterocycles. The van der Waals surface area contributed by atoms with Gasteiger partial charge in [-0.2, -0.15) is 0 Å². The van der Waals surface area contributed by atoms with E-state index < -0.39 is 11.8 Å². The van der Waals surface area contributed by atoms with E-state index >= 15 is 0 Å². The predicted octanol–water partition coefficient (Wildman–Crippen LogP) is 3.05. The Labute approximate surface area is 163 Å². The molecule has 29 heavy (non-hydrogen) atoms. The van der Waals surface area contributed by atoms with Crippen LogP contribution in [0.5, 0.6) is 11.5 Å². The lowest BCUT2D eigenvalue weighted by Crippen LogP contribution is -2.05. The molecule has 0 saturated carbocycles. The number of carbonyl (C=O) groups is 1. The quantitative estimate of drug-likeness (QED) is 0.527. The highest BCUT2D eigenvalue weighted by Crippen LogP contribution is 2.40. The minimum atomic E-state index is -1.18. The third-order valence-electron chi connectivity index (χ3n) is 4.36. The van der Waals surface area contributed by atoms with Gasteiger partial charge in [-0.05, 0) is 40.8 Å². The molecule has 0 spiro atoms. The van der Waals surface area contributed by atoms with Crippen molar-refractivity contribution in [2.45, 2.75) is 6.61 Å². The van der Waals surface area contributed by atoms with Gasteiger partial charge in [-0.3, -0.25) is 0 Å². The monoisotopic (exact) mass is 398 g/mol. The molecule has 4 aromatic rings. The number of halogens is 1. The molecule has 1 N–H and O–H groups in total. The second kappa shape index (κ2) is 7.23. The second-order valence-corrected chi connectivity index (χ2v) is 6.12. The number of aromatic carboxylic acids is 1. The Morgan fingerprint density at radius 2 is 2.00 bits per heavy atom. The Morgan fingerprint density at radius 3 is 2.62 bits per heavy atom. The van der Waals surface area contributed by atoms with Crippen molar-refractivity contribution in [3.8, 4) is 22.8 Å². The Hall–Kier alpha value is -3.95. The van der Waals surface area contributed by atoms with Crippen LogP contribution in [0.4, 0.5) is 4.39 Å². The Balaban J connectivity index is 1.80. The molecule has 4 rings (SSSR count). The van der Waals surface area contributed by atoms with Crippen molar-refractivity contribution < 1.29 is 28.2 Å². The molecule has 2 aromatic carbocycles. The minimum absolute atomic E-state index is 0.0473. The molecular formula is C19H15FN4O5. The topological polar surface area (TPSA) is 112 Å². The van der Waals surface area contributed by atoms with E-state index in [2.05, 4.69) is 15.5 Å². The van der Waals surface area contributed by atoms with Crippen LogP contribution < -0.4 is 9.47 Å². The molecule has 2 heterocycles. The summed E-state index contributed by atoms with van der Waals surface area (Å²) >= 11 is 0. The molecule has 0 amide bonds. The molecular weight excluding hydrogens is 383 g/mol. The fourth-order valence-electron chi connectivity index (χ4n) is 2.91. The number of aromatic nitrogens is 4. The number of benzene rings is 2. The first kappa shape index (κ1) is 18.4. The number of nitrogens with zero attached hydrogens (tertiary/aromatic N) is 4. The molecule has 0 radical (unpaired) electrons. The SMILES string of the molecule is COc1cc2c(C(=O)O)c(-c3ccc(F)cc3)oc2cc1OCc1nnnn1C. The van der Waals surface area contributed by atoms with Crippen LogP contribution in [0.2, 0.25) is 0 Å². The highest BCUT2D eigenvalue weighted by Gasteiger charge is 2.24. The number of hydrogen-bond acceptors (Lipinski definition) is 7. The summed E-state index contributed by atoms with van der Waals surface area (Å²) in [6.45, 7) is 0.0721. The number of rotatable bonds is 6. The average molecular weight is 398 g/mol. The van der Waals surface area contributed by atoms with Crippen molar-refractivity contribution >= 4 is 16.9 Å². The van der Waals surface area contributed by atoms with Crippen molar-refractivity contribution in [1.82, 2.24) is 20.2 Å². The standard InChI is InChI=1S/C19H15FN4O5/c1-24-16(21-22-23-24)9-28-15-8-13-12(7-14(15)27-2)17(19(25)26)18(29-13)10-3-5-11(20)6-4-10/h3-8H,9H2,1-2H3,(H,25,26). The third-order valence-corrected chi connectivity index (χ3v) is 4.36. The van der Waals surface area contributed by atoms with Gasteiger partial charge in [-0.1, -0.05) is 0 Å². The van der Waals surface area contributed by atoms with Crippen LogP contribution in [0.25, 0.3) is 22.3 Å². The van der Waals surface area contributed by atoms with Gasteiger partial charge in [0.1, 0.15) is 29.3 Å². The first-order chi connectivity index (χ1) is 14.0. The van der Waals surface area contributed by atoms with Crippen LogP contribution in [-0.2, 0) is 13.7 Å². The summed E-state index contributed by atoms with van der Waals surface area (Å²) < 4.78 is 31.6. The fourth-order valence-corrected chi connectivity index (χ4v) is 2.91. The first-order valence-electron chi connectivity index (χ1n) is 8.45. The number of fused-ring (bicyclic) bond motifs is 1. The normalized spacial score (nSPS) is 11.0. The Bertz CT molecular complexity index is 1200. The van der Waals surface area contributed by atoms with E-state index in [4.69, 9.17) is 13.9 Å². The van der Waals surface area contributed by atoms with E-state index in [1.54, 1.807) is 7.05 Å². The molecule has 0 bridgehead atoms. The first-order valence-corrected chi connectivity index (χ1v) is 8.45. The summed E-state index contributed by atoms with van der Waals surface area (Å²) in [4.78, 5) is 11.9. The van der Waals surface area contributed by atoms with Crippen LogP contribution in [0.15, 0.2) is 40.8 Å². The molecule has 0 atom stereocenters. The number of carboxylic acids is 1. The zero-order chi connectivity index (χ0) is 20.5. The maximum atomic E-state index is 13.3. The molecule has 0 fully saturated rings. The van der Waals surface area contributed by atoms with Crippen molar-refractivity contribution in [2.75, 3.05) is 7.11 Å². The molecule has 0 unspecified atom stereocenters. The summed E-state index contributed by atoms with van der Waals surface area (Å²) in [6.07, 6.45) is 0. The van der Waals surface area contributed by atoms with Crippen molar-refractivity contribution in [3.63, 3.8) is 0 Å². The largest absolute Gasteiger partial charge is 0.493 e. The fraction of sp³-hybridized carbons (Fsp3) is 0.158. The smallest absolute Gasteiger partial charge is 0.340 e. The molecule has 148 valence electrons. The number of furan rings is 1. The zero-order valence-corrected chi connectivity index (χ0v) is 15.4. The second-order valence-electron chi connectivity index (χ2n) is 6.12. The van der Waals surface area contributed by atoms with Crippen molar-refractivity contribution in [2.24, 2.45) is 7.05 Å². The van der Waals surface area contributed by atoms with E-state index in [-0.39, 0.29) is 23.5 Å². The van der Waals surface area contributed by atoms with Gasteiger partial charge >= 0.3 is 5.97 Å². The zero-order valence-electron chi connectivity index (χ0n) is 15.4. The lowest BCUT2D eigenvalue weighted by atomic mass is 10.1. The third kappa shape index (κ3) is 3.35. The number of tetrazole rings is 1. The van der Waals surface area contributed by atoms with Gasteiger partial charge in [0.2, 0.25) is 0 Å². The van der Waals surface area contributed by atoms with E-state index in [0.717, 1.165) is 0 Å². The number of aryl methyl sites for hydroxylation is 1. The summed E-state index contributed by atoms with van der Waals surface area (Å²) in [7, 11) is 3.12. The number of ether oxygens (including phenoxy) is 2. The van der Waals surface area contributed by atoms with Gasteiger partial charge in [0.25, 0.3) is 0 Å². The van der Waals surface area contributed by atoms with Gasteiger partial charge in [0, 0.05) is 24.1 Å². The van der Waals surface area contributed by atoms with Crippen LogP contribution >= 0.6 is 0 Å². The van der Waals surface area contributed by atoms with Crippen LogP contribution in [0, 0.1) is 5.82 Å². The van der Waals surface area contributed by atoms with E-state index in [1.165, 1.54) is 48.2 Å². The lowest BCUT2D eigenvalue weighted by Gasteiger charge is -2.10. The van der Waals surface area contributed by atoms with Gasteiger partial charge in [-0.15, -0.1) is 5.10 Å². The molecule has 2 aromatic heterocycles. The van der Waals surface area contributed by atoms with Gasteiger partial charge in [-0.25, -0.2) is 13.9 Å². The molecule has 0 aliphatic carbocycles. The summed E-state index contributed by atoms with van der Waals surface area (Å²) in [5.74, 6) is -0.351. The van der Waals surface area contributed by atoms with Crippen LogP contribution in [0.1, 0.15) is 16.2 Å². The summed E-state index contributed by atoms with van der Waals surface area (Å²) in [5, 5.41) is 21.2. The minimum Gasteiger partial charge on any atom is -0.493 e. The molecule has 9 nitrogen and oxygen atoms in total. The van der Waals surface area contributed by atoms with Gasteiger partial charge in [0.15, 0.2) is 17.3 Å². The van der Waals surface area contributed by atoms with Gasteiger partial charge < -0.3 is 19.0 Å². The van der Waals surface area contributed by atoms with Crippen LogP contribution in [0.3, 0.4) is 0 Å². The van der Waals surface area contributed by atoms with Crippen LogP contribution in [-0.4, -0.2) is 38.4 Å². The summed E-state index contributed by atoms with van der Waals surface area (Å²) in [5.41, 5.74) is 0.675. The number of methoxy groups -OCH3 is 1. The highest BCUT2D eigenvalue weighted by molar-refractivity contribution is 6.08. The highest BCUT2D eigenvalue weighted by atomic mass is 19.1. The molecule has 10 heteroatoms. The average Bonchev–Trinajstić information content (AvgIpc) is 3.28. The Kier molecular flexibility index (Phi) is 4.59. The number of carboxylic acid groups (broad SMARTS) is 1. The molecule has 0 aliphatic rings. The van der Waals surface area contributed by atoms with E-state index in [1.807, 2.05) is 0 Å². The summed E-state index contributed by atoms with van der Waals surface area (Å²) in [6, 6.07) is 8.44. The predicted molar refractivity (Wildman–Crippen MR) is 98.2 cm³/mol. The van der Waals surface area contributed by atoms with Crippen molar-refractivity contribution in [3.05, 3.63) is 53.6 Å². The lowest BCUT2D eigenvalue weighted by molar-refractivity contribution is 0.0699. The number of hydrogen-bond donors (Lipinski definition) is 1. The Morgan fingerprint density at radius 1 is 1.24 bits per heavy atom. The van der Waals surface area contributed by atoms with Crippen molar-refractivity contribution in [1.29, 1.82) is 0 Å². The van der Waals surface area contributed by atoms with E-state index in [9.17, 15) is 14.3 Å². The van der Waals surface area contributed by atoms with E-state index in [0.29, 0.717) is 28.3 Å². The maximum Gasteiger partial charge on any atom is 0.340 e. The maximum absolute atomic E-state index is 13.3. The molecule has 0 aliphatic heterocycles.